The van der Waals surface area contributed by atoms with Crippen LogP contribution in [0, 0.1) is 6.92 Å². The minimum atomic E-state index is -0.722. The summed E-state index contributed by atoms with van der Waals surface area (Å²) >= 11 is 0. The van der Waals surface area contributed by atoms with Crippen LogP contribution in [0.5, 0.6) is 0 Å². The molecule has 1 aromatic carbocycles. The number of aryl methyl sites for hydroxylation is 1. The van der Waals surface area contributed by atoms with Gasteiger partial charge < -0.3 is 21.1 Å². The lowest BCUT2D eigenvalue weighted by Crippen LogP contribution is -2.45. The Bertz CT molecular complexity index is 587. The zero-order chi connectivity index (χ0) is 19.4. The molecule has 1 aromatic rings. The third-order valence-electron chi connectivity index (χ3n) is 3.78. The SMILES string of the molecule is CCCOCC(=O)NC(CCCCNC(=O)c1ccc(C)cc1)C(N)=O. The van der Waals surface area contributed by atoms with Gasteiger partial charge in [0.05, 0.1) is 0 Å². The van der Waals surface area contributed by atoms with Gasteiger partial charge in [-0.2, -0.15) is 0 Å². The number of hydrogen-bond donors (Lipinski definition) is 3. The van der Waals surface area contributed by atoms with Gasteiger partial charge in [0, 0.05) is 18.7 Å². The highest BCUT2D eigenvalue weighted by molar-refractivity contribution is 5.94. The Kier molecular flexibility index (Phi) is 10.0. The molecule has 0 saturated carbocycles. The fourth-order valence-corrected chi connectivity index (χ4v) is 2.31. The fourth-order valence-electron chi connectivity index (χ4n) is 2.31. The summed E-state index contributed by atoms with van der Waals surface area (Å²) < 4.78 is 5.13. The summed E-state index contributed by atoms with van der Waals surface area (Å²) in [6.45, 7) is 4.82. The van der Waals surface area contributed by atoms with Crippen molar-refractivity contribution in [3.8, 4) is 0 Å². The molecule has 0 aliphatic carbocycles. The van der Waals surface area contributed by atoms with E-state index < -0.39 is 11.9 Å². The minimum Gasteiger partial charge on any atom is -0.372 e. The molecular weight excluding hydrogens is 334 g/mol. The standard InChI is InChI=1S/C19H29N3O4/c1-3-12-26-13-17(23)22-16(18(20)24)6-4-5-11-21-19(25)15-9-7-14(2)8-10-15/h7-10,16H,3-6,11-13H2,1-2H3,(H2,20,24)(H,21,25)(H,22,23). The van der Waals surface area contributed by atoms with E-state index in [1.807, 2.05) is 26.0 Å². The third-order valence-corrected chi connectivity index (χ3v) is 3.78. The Labute approximate surface area is 154 Å². The van der Waals surface area contributed by atoms with E-state index in [2.05, 4.69) is 10.6 Å². The summed E-state index contributed by atoms with van der Waals surface area (Å²) in [7, 11) is 0. The monoisotopic (exact) mass is 363 g/mol. The second kappa shape index (κ2) is 12.0. The Balaban J connectivity index is 2.26. The highest BCUT2D eigenvalue weighted by Gasteiger charge is 2.17. The lowest BCUT2D eigenvalue weighted by Gasteiger charge is -2.15. The molecule has 0 saturated heterocycles. The van der Waals surface area contributed by atoms with Crippen LogP contribution < -0.4 is 16.4 Å². The van der Waals surface area contributed by atoms with Crippen LogP contribution in [0.2, 0.25) is 0 Å². The van der Waals surface area contributed by atoms with Crippen molar-refractivity contribution >= 4 is 17.7 Å². The number of carbonyl (C=O) groups is 3. The lowest BCUT2D eigenvalue weighted by molar-refractivity contribution is -0.130. The number of rotatable bonds is 12. The lowest BCUT2D eigenvalue weighted by atomic mass is 10.1. The Hall–Kier alpha value is -2.41. The molecule has 0 aliphatic rings. The average molecular weight is 363 g/mol. The van der Waals surface area contributed by atoms with Crippen molar-refractivity contribution in [3.63, 3.8) is 0 Å². The largest absolute Gasteiger partial charge is 0.372 e. The van der Waals surface area contributed by atoms with E-state index in [0.29, 0.717) is 38.0 Å². The van der Waals surface area contributed by atoms with Crippen molar-refractivity contribution < 1.29 is 19.1 Å². The molecule has 1 unspecified atom stereocenters. The Morgan fingerprint density at radius 2 is 1.85 bits per heavy atom. The maximum absolute atomic E-state index is 12.0. The number of ether oxygens (including phenoxy) is 1. The molecule has 1 rings (SSSR count). The summed E-state index contributed by atoms with van der Waals surface area (Å²) in [4.78, 5) is 35.1. The van der Waals surface area contributed by atoms with E-state index in [0.717, 1.165) is 12.0 Å². The first-order valence-corrected chi connectivity index (χ1v) is 8.95. The van der Waals surface area contributed by atoms with Crippen LogP contribution in [0.15, 0.2) is 24.3 Å². The van der Waals surface area contributed by atoms with Gasteiger partial charge in [0.15, 0.2) is 0 Å². The number of carbonyl (C=O) groups excluding carboxylic acids is 3. The molecule has 7 nitrogen and oxygen atoms in total. The predicted octanol–water partition coefficient (Wildman–Crippen LogP) is 1.29. The van der Waals surface area contributed by atoms with E-state index in [1.165, 1.54) is 0 Å². The summed E-state index contributed by atoms with van der Waals surface area (Å²) in [5.74, 6) is -1.05. The molecule has 26 heavy (non-hydrogen) atoms. The van der Waals surface area contributed by atoms with Gasteiger partial charge in [-0.3, -0.25) is 14.4 Å². The Morgan fingerprint density at radius 3 is 2.46 bits per heavy atom. The molecule has 0 fully saturated rings. The Morgan fingerprint density at radius 1 is 1.15 bits per heavy atom. The van der Waals surface area contributed by atoms with Crippen molar-refractivity contribution in [2.75, 3.05) is 19.8 Å². The van der Waals surface area contributed by atoms with Crippen molar-refractivity contribution in [2.45, 2.75) is 45.6 Å². The summed E-state index contributed by atoms with van der Waals surface area (Å²) in [5, 5.41) is 5.41. The van der Waals surface area contributed by atoms with Gasteiger partial charge in [-0.15, -0.1) is 0 Å². The zero-order valence-electron chi connectivity index (χ0n) is 15.5. The van der Waals surface area contributed by atoms with Crippen LogP contribution in [0.1, 0.15) is 48.5 Å². The zero-order valence-corrected chi connectivity index (χ0v) is 15.5. The van der Waals surface area contributed by atoms with Crippen LogP contribution in [0.4, 0.5) is 0 Å². The number of amides is 3. The van der Waals surface area contributed by atoms with Crippen LogP contribution in [0.25, 0.3) is 0 Å². The van der Waals surface area contributed by atoms with Crippen LogP contribution in [-0.2, 0) is 14.3 Å². The van der Waals surface area contributed by atoms with Crippen molar-refractivity contribution in [1.82, 2.24) is 10.6 Å². The van der Waals surface area contributed by atoms with Crippen molar-refractivity contribution in [1.29, 1.82) is 0 Å². The number of hydrogen-bond acceptors (Lipinski definition) is 4. The summed E-state index contributed by atoms with van der Waals surface area (Å²) in [6.07, 6.45) is 2.58. The highest BCUT2D eigenvalue weighted by Crippen LogP contribution is 2.04. The molecular formula is C19H29N3O4. The first-order chi connectivity index (χ1) is 12.4. The normalized spacial score (nSPS) is 11.6. The number of nitrogens with two attached hydrogens (primary N) is 1. The molecule has 0 aliphatic heterocycles. The van der Waals surface area contributed by atoms with Gasteiger partial charge in [-0.05, 0) is 44.7 Å². The van der Waals surface area contributed by atoms with E-state index in [9.17, 15) is 14.4 Å². The molecule has 1 atom stereocenters. The molecule has 4 N–H and O–H groups in total. The molecule has 7 heteroatoms. The third kappa shape index (κ3) is 8.62. The maximum Gasteiger partial charge on any atom is 0.251 e. The predicted molar refractivity (Wildman–Crippen MR) is 99.6 cm³/mol. The van der Waals surface area contributed by atoms with Crippen LogP contribution >= 0.6 is 0 Å². The van der Waals surface area contributed by atoms with E-state index in [-0.39, 0.29) is 18.4 Å². The topological polar surface area (TPSA) is 111 Å². The first kappa shape index (κ1) is 21.6. The van der Waals surface area contributed by atoms with Crippen molar-refractivity contribution in [2.24, 2.45) is 5.73 Å². The molecule has 0 aromatic heterocycles. The summed E-state index contributed by atoms with van der Waals surface area (Å²) in [5.41, 5.74) is 7.04. The number of nitrogens with one attached hydrogen (secondary N) is 2. The average Bonchev–Trinajstić information content (AvgIpc) is 2.61. The van der Waals surface area contributed by atoms with Gasteiger partial charge in [-0.25, -0.2) is 0 Å². The van der Waals surface area contributed by atoms with Gasteiger partial charge in [0.2, 0.25) is 11.8 Å². The van der Waals surface area contributed by atoms with Gasteiger partial charge in [0.25, 0.3) is 5.91 Å². The van der Waals surface area contributed by atoms with Gasteiger partial charge in [0.1, 0.15) is 12.6 Å². The van der Waals surface area contributed by atoms with Crippen LogP contribution in [0.3, 0.4) is 0 Å². The maximum atomic E-state index is 12.0. The van der Waals surface area contributed by atoms with Crippen molar-refractivity contribution in [3.05, 3.63) is 35.4 Å². The number of benzene rings is 1. The quantitative estimate of drug-likeness (QED) is 0.486. The smallest absolute Gasteiger partial charge is 0.251 e. The fraction of sp³-hybridized carbons (Fsp3) is 0.526. The number of unbranched alkanes of at least 4 members (excludes halogenated alkanes) is 1. The second-order valence-corrected chi connectivity index (χ2v) is 6.19. The highest BCUT2D eigenvalue weighted by atomic mass is 16.5. The first-order valence-electron chi connectivity index (χ1n) is 8.95. The van der Waals surface area contributed by atoms with Gasteiger partial charge >= 0.3 is 0 Å². The van der Waals surface area contributed by atoms with E-state index >= 15 is 0 Å². The molecule has 3 amide bonds. The van der Waals surface area contributed by atoms with Crippen LogP contribution in [-0.4, -0.2) is 43.5 Å². The minimum absolute atomic E-state index is 0.0791. The molecule has 144 valence electrons. The molecule has 0 bridgehead atoms. The molecule has 0 heterocycles. The summed E-state index contributed by atoms with van der Waals surface area (Å²) in [6, 6.07) is 6.62. The second-order valence-electron chi connectivity index (χ2n) is 6.19. The van der Waals surface area contributed by atoms with Gasteiger partial charge in [-0.1, -0.05) is 24.6 Å². The molecule has 0 spiro atoms. The van der Waals surface area contributed by atoms with E-state index in [1.54, 1.807) is 12.1 Å². The molecule has 0 radical (unpaired) electrons. The number of primary amides is 1. The van der Waals surface area contributed by atoms with E-state index in [4.69, 9.17) is 10.5 Å².